The molecule has 0 radical (unpaired) electrons. The number of carbonyl (C=O) groups is 1. The SMILES string of the molecule is Cl.O=C(NCC(N1CCNCC1)C(F)(F)F)c1ccc(-c2ncon2)cc1. The minimum atomic E-state index is -4.41. The number of amides is 1. The van der Waals surface area contributed by atoms with Gasteiger partial charge in [0, 0.05) is 43.9 Å². The van der Waals surface area contributed by atoms with Crippen molar-refractivity contribution in [3.05, 3.63) is 36.2 Å². The number of piperazine rings is 1. The summed E-state index contributed by atoms with van der Waals surface area (Å²) in [5.74, 6) is -0.193. The van der Waals surface area contributed by atoms with Gasteiger partial charge in [-0.15, -0.1) is 12.4 Å². The predicted molar refractivity (Wildman–Crippen MR) is 93.6 cm³/mol. The molecule has 3 rings (SSSR count). The molecule has 0 saturated carbocycles. The van der Waals surface area contributed by atoms with Crippen LogP contribution in [0.4, 0.5) is 13.2 Å². The molecule has 1 saturated heterocycles. The summed E-state index contributed by atoms with van der Waals surface area (Å²) in [6.45, 7) is 1.09. The third kappa shape index (κ3) is 5.41. The normalized spacial score (nSPS) is 16.4. The number of benzene rings is 1. The van der Waals surface area contributed by atoms with E-state index in [-0.39, 0.29) is 18.0 Å². The lowest BCUT2D eigenvalue weighted by Crippen LogP contribution is -2.57. The molecule has 7 nitrogen and oxygen atoms in total. The fraction of sp³-hybridized carbons (Fsp3) is 0.438. The zero-order valence-electron chi connectivity index (χ0n) is 14.2. The number of aromatic nitrogens is 2. The molecule has 2 N–H and O–H groups in total. The van der Waals surface area contributed by atoms with Gasteiger partial charge in [0.2, 0.25) is 12.2 Å². The number of alkyl halides is 3. The molecular formula is C16H19ClF3N5O2. The first-order valence-corrected chi connectivity index (χ1v) is 8.11. The molecule has 1 unspecified atom stereocenters. The standard InChI is InChI=1S/C16H18F3N5O2.ClH/c17-16(18,19)13(24-7-5-20-6-8-24)9-21-15(25)12-3-1-11(2-4-12)14-22-10-26-23-14;/h1-4,10,13,20H,5-9H2,(H,21,25);1H. The summed E-state index contributed by atoms with van der Waals surface area (Å²) in [6.07, 6.45) is -3.23. The predicted octanol–water partition coefficient (Wildman–Crippen LogP) is 1.72. The Bertz CT molecular complexity index is 719. The molecule has 1 aliphatic rings. The molecule has 1 atom stereocenters. The van der Waals surface area contributed by atoms with Crippen LogP contribution in [-0.2, 0) is 0 Å². The van der Waals surface area contributed by atoms with Crippen LogP contribution in [0.5, 0.6) is 0 Å². The van der Waals surface area contributed by atoms with E-state index in [1.807, 2.05) is 0 Å². The van der Waals surface area contributed by atoms with Crippen LogP contribution in [-0.4, -0.2) is 65.9 Å². The second-order valence-electron chi connectivity index (χ2n) is 5.89. The van der Waals surface area contributed by atoms with Crippen LogP contribution in [0, 0.1) is 0 Å². The van der Waals surface area contributed by atoms with Crippen molar-refractivity contribution in [3.63, 3.8) is 0 Å². The molecule has 2 heterocycles. The minimum absolute atomic E-state index is 0. The molecule has 1 amide bonds. The first-order chi connectivity index (χ1) is 12.4. The Morgan fingerprint density at radius 1 is 1.26 bits per heavy atom. The monoisotopic (exact) mass is 405 g/mol. The van der Waals surface area contributed by atoms with Gasteiger partial charge in [0.1, 0.15) is 6.04 Å². The van der Waals surface area contributed by atoms with Gasteiger partial charge in [0.15, 0.2) is 0 Å². The van der Waals surface area contributed by atoms with E-state index < -0.39 is 24.7 Å². The van der Waals surface area contributed by atoms with E-state index in [4.69, 9.17) is 0 Å². The van der Waals surface area contributed by atoms with Gasteiger partial charge in [0.05, 0.1) is 0 Å². The molecular weight excluding hydrogens is 387 g/mol. The lowest BCUT2D eigenvalue weighted by Gasteiger charge is -2.35. The molecule has 1 fully saturated rings. The zero-order valence-corrected chi connectivity index (χ0v) is 15.0. The average Bonchev–Trinajstić information content (AvgIpc) is 3.16. The summed E-state index contributed by atoms with van der Waals surface area (Å²) in [5, 5.41) is 9.08. The Balaban J connectivity index is 0.00000261. The largest absolute Gasteiger partial charge is 0.405 e. The van der Waals surface area contributed by atoms with Crippen molar-refractivity contribution in [1.82, 2.24) is 25.7 Å². The van der Waals surface area contributed by atoms with Crippen LogP contribution >= 0.6 is 12.4 Å². The minimum Gasteiger partial charge on any atom is -0.350 e. The van der Waals surface area contributed by atoms with Crippen molar-refractivity contribution in [2.24, 2.45) is 0 Å². The van der Waals surface area contributed by atoms with Crippen molar-refractivity contribution in [3.8, 4) is 11.4 Å². The van der Waals surface area contributed by atoms with Crippen LogP contribution < -0.4 is 10.6 Å². The average molecular weight is 406 g/mol. The second kappa shape index (κ2) is 9.16. The third-order valence-corrected chi connectivity index (χ3v) is 4.19. The van der Waals surface area contributed by atoms with Crippen LogP contribution in [0.3, 0.4) is 0 Å². The number of carbonyl (C=O) groups excluding carboxylic acids is 1. The Labute approximate surface area is 159 Å². The van der Waals surface area contributed by atoms with E-state index in [9.17, 15) is 18.0 Å². The van der Waals surface area contributed by atoms with Crippen molar-refractivity contribution in [2.75, 3.05) is 32.7 Å². The van der Waals surface area contributed by atoms with Crippen molar-refractivity contribution >= 4 is 18.3 Å². The van der Waals surface area contributed by atoms with E-state index >= 15 is 0 Å². The lowest BCUT2D eigenvalue weighted by molar-refractivity contribution is -0.183. The van der Waals surface area contributed by atoms with Crippen molar-refractivity contribution < 1.29 is 22.5 Å². The number of rotatable bonds is 5. The first-order valence-electron chi connectivity index (χ1n) is 8.11. The Hall–Kier alpha value is -2.17. The molecule has 0 aliphatic carbocycles. The number of nitrogens with one attached hydrogen (secondary N) is 2. The fourth-order valence-electron chi connectivity index (χ4n) is 2.81. The van der Waals surface area contributed by atoms with Gasteiger partial charge in [-0.1, -0.05) is 17.3 Å². The van der Waals surface area contributed by atoms with E-state index in [1.54, 1.807) is 12.1 Å². The molecule has 2 aromatic rings. The summed E-state index contributed by atoms with van der Waals surface area (Å²) in [6, 6.07) is 4.53. The van der Waals surface area contributed by atoms with Gasteiger partial charge < -0.3 is 15.2 Å². The maximum absolute atomic E-state index is 13.3. The highest BCUT2D eigenvalue weighted by Crippen LogP contribution is 2.25. The molecule has 1 aromatic heterocycles. The van der Waals surface area contributed by atoms with Gasteiger partial charge in [-0.25, -0.2) is 0 Å². The number of nitrogens with zero attached hydrogens (tertiary/aromatic N) is 3. The summed E-state index contributed by atoms with van der Waals surface area (Å²) in [5.41, 5.74) is 0.905. The Kier molecular flexibility index (Phi) is 7.17. The highest BCUT2D eigenvalue weighted by molar-refractivity contribution is 5.94. The molecule has 0 spiro atoms. The smallest absolute Gasteiger partial charge is 0.350 e. The van der Waals surface area contributed by atoms with Crippen LogP contribution in [0.25, 0.3) is 11.4 Å². The summed E-state index contributed by atoms with van der Waals surface area (Å²) in [7, 11) is 0. The van der Waals surface area contributed by atoms with Crippen molar-refractivity contribution in [2.45, 2.75) is 12.2 Å². The molecule has 1 aromatic carbocycles. The van der Waals surface area contributed by atoms with E-state index in [1.165, 1.54) is 23.4 Å². The number of hydrogen-bond donors (Lipinski definition) is 2. The van der Waals surface area contributed by atoms with Gasteiger partial charge in [-0.3, -0.25) is 9.69 Å². The summed E-state index contributed by atoms with van der Waals surface area (Å²) >= 11 is 0. The topological polar surface area (TPSA) is 83.3 Å². The molecule has 1 aliphatic heterocycles. The van der Waals surface area contributed by atoms with Crippen molar-refractivity contribution in [1.29, 1.82) is 0 Å². The highest BCUT2D eigenvalue weighted by Gasteiger charge is 2.43. The fourth-order valence-corrected chi connectivity index (χ4v) is 2.81. The quantitative estimate of drug-likeness (QED) is 0.788. The Morgan fingerprint density at radius 3 is 2.48 bits per heavy atom. The van der Waals surface area contributed by atoms with E-state index in [0.717, 1.165) is 0 Å². The summed E-state index contributed by atoms with van der Waals surface area (Å²) < 4.78 is 44.6. The first kappa shape index (κ1) is 21.1. The second-order valence-corrected chi connectivity index (χ2v) is 5.89. The van der Waals surface area contributed by atoms with Gasteiger partial charge in [-0.2, -0.15) is 18.2 Å². The van der Waals surface area contributed by atoms with Gasteiger partial charge in [-0.05, 0) is 12.1 Å². The molecule has 0 bridgehead atoms. The third-order valence-electron chi connectivity index (χ3n) is 4.19. The van der Waals surface area contributed by atoms with E-state index in [2.05, 4.69) is 25.3 Å². The summed E-state index contributed by atoms with van der Waals surface area (Å²) in [4.78, 5) is 17.4. The molecule has 148 valence electrons. The molecule has 27 heavy (non-hydrogen) atoms. The van der Waals surface area contributed by atoms with Crippen LogP contribution in [0.1, 0.15) is 10.4 Å². The Morgan fingerprint density at radius 2 is 1.93 bits per heavy atom. The highest BCUT2D eigenvalue weighted by atomic mass is 35.5. The number of halogens is 4. The maximum Gasteiger partial charge on any atom is 0.405 e. The lowest BCUT2D eigenvalue weighted by atomic mass is 10.1. The molecule has 11 heteroatoms. The van der Waals surface area contributed by atoms with Gasteiger partial charge >= 0.3 is 6.18 Å². The van der Waals surface area contributed by atoms with E-state index in [0.29, 0.717) is 37.6 Å². The number of hydrogen-bond acceptors (Lipinski definition) is 6. The van der Waals surface area contributed by atoms with Gasteiger partial charge in [0.25, 0.3) is 5.91 Å². The van der Waals surface area contributed by atoms with Crippen LogP contribution in [0.15, 0.2) is 35.2 Å². The maximum atomic E-state index is 13.3. The van der Waals surface area contributed by atoms with Crippen LogP contribution in [0.2, 0.25) is 0 Å². The zero-order chi connectivity index (χ0) is 18.6.